The standard InChI is InChI=1S/C36H49N4O8P/c1-5-26-19-36(26,49(4,44)45)39-32(41)29-18-27-20-40(29)34(42)31(23-11-7-6-8-12-23)38-35(43)47-21-22(2)10-9-13-25-16-28-24(17-30(25)46-3)14-15-37-33(28)48-27/h5,14-17,22-23,26-27,29,31H,1,6-13,18-21H2,2-4H3,(H,38,43)(H,39,41)(H,44,45)/t22-,26?,27-,29+,31+,36?/m1/s1. The van der Waals surface area contributed by atoms with Crippen LogP contribution in [-0.2, 0) is 25.3 Å². The summed E-state index contributed by atoms with van der Waals surface area (Å²) < 4.78 is 30.9. The summed E-state index contributed by atoms with van der Waals surface area (Å²) in [6.07, 6.45) is 9.23. The molecule has 6 rings (SSSR count). The normalized spacial score (nSPS) is 31.0. The van der Waals surface area contributed by atoms with Gasteiger partial charge in [0.2, 0.25) is 25.1 Å². The van der Waals surface area contributed by atoms with Crippen molar-refractivity contribution in [1.82, 2.24) is 20.5 Å². The first-order chi connectivity index (χ1) is 23.4. The zero-order valence-electron chi connectivity index (χ0n) is 28.7. The number of hydrogen-bond acceptors (Lipinski definition) is 8. The molecule has 1 saturated heterocycles. The van der Waals surface area contributed by atoms with E-state index < -0.39 is 48.7 Å². The van der Waals surface area contributed by atoms with Crippen LogP contribution in [0.2, 0.25) is 0 Å². The number of amides is 3. The van der Waals surface area contributed by atoms with E-state index in [2.05, 4.69) is 22.2 Å². The Morgan fingerprint density at radius 1 is 1.22 bits per heavy atom. The van der Waals surface area contributed by atoms with Crippen molar-refractivity contribution in [2.75, 3.05) is 26.9 Å². The number of carbonyl (C=O) groups is 3. The second-order valence-electron chi connectivity index (χ2n) is 14.4. The summed E-state index contributed by atoms with van der Waals surface area (Å²) in [5.74, 6) is -0.186. The number of aromatic nitrogens is 1. The number of methoxy groups -OCH3 is 1. The van der Waals surface area contributed by atoms with E-state index in [4.69, 9.17) is 14.2 Å². The number of nitrogens with one attached hydrogen (secondary N) is 2. The van der Waals surface area contributed by atoms with E-state index in [9.17, 15) is 23.8 Å². The average Bonchev–Trinajstić information content (AvgIpc) is 3.66. The third-order valence-electron chi connectivity index (χ3n) is 10.9. The monoisotopic (exact) mass is 696 g/mol. The summed E-state index contributed by atoms with van der Waals surface area (Å²) >= 11 is 0. The number of rotatable bonds is 6. The fraction of sp³-hybridized carbons (Fsp3) is 0.611. The summed E-state index contributed by atoms with van der Waals surface area (Å²) in [6, 6.07) is 3.98. The van der Waals surface area contributed by atoms with Gasteiger partial charge in [-0.2, -0.15) is 0 Å². The van der Waals surface area contributed by atoms with Crippen molar-refractivity contribution in [3.8, 4) is 11.6 Å². The van der Waals surface area contributed by atoms with E-state index in [-0.39, 0.29) is 43.7 Å². The number of alkyl carbamates (subject to hydrolysis) is 1. The van der Waals surface area contributed by atoms with E-state index in [0.717, 1.165) is 73.5 Å². The van der Waals surface area contributed by atoms with Crippen LogP contribution in [-0.4, -0.2) is 83.1 Å². The lowest BCUT2D eigenvalue weighted by atomic mass is 9.83. The summed E-state index contributed by atoms with van der Waals surface area (Å²) in [5, 5.41) is 6.10. The van der Waals surface area contributed by atoms with Crippen LogP contribution in [0.15, 0.2) is 37.1 Å². The molecule has 12 nitrogen and oxygen atoms in total. The number of pyridine rings is 1. The van der Waals surface area contributed by atoms with Gasteiger partial charge >= 0.3 is 6.09 Å². The van der Waals surface area contributed by atoms with Crippen molar-refractivity contribution >= 4 is 36.0 Å². The SMILES string of the molecule is C=CC1CC1(NC(=O)[C@@H]1C[C@@H]2CN1C(=O)[C@H](C1CCCCC1)NC(=O)OC[C@H](C)CCCc1cc3c(nccc3cc1OC)O2)P(C)(=O)O. The van der Waals surface area contributed by atoms with Crippen LogP contribution in [0.5, 0.6) is 11.6 Å². The Kier molecular flexibility index (Phi) is 10.3. The van der Waals surface area contributed by atoms with Crippen LogP contribution in [0.3, 0.4) is 0 Å². The van der Waals surface area contributed by atoms with Crippen molar-refractivity contribution in [3.63, 3.8) is 0 Å². The van der Waals surface area contributed by atoms with Crippen molar-refractivity contribution in [3.05, 3.63) is 42.6 Å². The molecule has 7 atom stereocenters. The van der Waals surface area contributed by atoms with Crippen LogP contribution >= 0.6 is 7.37 Å². The second kappa shape index (κ2) is 14.3. The molecule has 2 aliphatic carbocycles. The molecule has 3 unspecified atom stereocenters. The molecular formula is C36H49N4O8P. The average molecular weight is 697 g/mol. The van der Waals surface area contributed by atoms with Gasteiger partial charge in [-0.3, -0.25) is 14.2 Å². The zero-order chi connectivity index (χ0) is 34.9. The third kappa shape index (κ3) is 7.31. The largest absolute Gasteiger partial charge is 0.496 e. The summed E-state index contributed by atoms with van der Waals surface area (Å²) in [5.41, 5.74) is 0.995. The maximum absolute atomic E-state index is 14.6. The smallest absolute Gasteiger partial charge is 0.407 e. The first-order valence-corrected chi connectivity index (χ1v) is 19.7. The van der Waals surface area contributed by atoms with Gasteiger partial charge in [-0.1, -0.05) is 32.3 Å². The second-order valence-corrected chi connectivity index (χ2v) is 17.0. The van der Waals surface area contributed by atoms with E-state index in [1.54, 1.807) is 19.4 Å². The summed E-state index contributed by atoms with van der Waals surface area (Å²) in [7, 11) is -2.14. The molecule has 1 aromatic heterocycles. The van der Waals surface area contributed by atoms with Crippen molar-refractivity contribution in [1.29, 1.82) is 0 Å². The number of cyclic esters (lactones) is 1. The van der Waals surface area contributed by atoms with Gasteiger partial charge in [0.05, 0.1) is 20.3 Å². The third-order valence-corrected chi connectivity index (χ3v) is 13.0. The van der Waals surface area contributed by atoms with Gasteiger partial charge in [0.25, 0.3) is 0 Å². The van der Waals surface area contributed by atoms with Crippen LogP contribution < -0.4 is 20.1 Å². The molecule has 3 amide bonds. The van der Waals surface area contributed by atoms with Gasteiger partial charge < -0.3 is 34.6 Å². The van der Waals surface area contributed by atoms with Crippen molar-refractivity contribution < 1.29 is 38.1 Å². The highest BCUT2D eigenvalue weighted by atomic mass is 31.2. The Morgan fingerprint density at radius 3 is 2.69 bits per heavy atom. The fourth-order valence-corrected chi connectivity index (χ4v) is 9.52. The van der Waals surface area contributed by atoms with Crippen LogP contribution in [0.25, 0.3) is 10.8 Å². The minimum absolute atomic E-state index is 0.0653. The Bertz CT molecular complexity index is 1640. The molecule has 4 aliphatic rings. The minimum atomic E-state index is -3.78. The number of aryl methyl sites for hydroxylation is 1. The molecule has 0 radical (unpaired) electrons. The van der Waals surface area contributed by atoms with Gasteiger partial charge in [0.1, 0.15) is 29.2 Å². The Labute approximate surface area is 287 Å². The topological polar surface area (TPSA) is 156 Å². The molecule has 1 aromatic carbocycles. The van der Waals surface area contributed by atoms with Gasteiger partial charge in [0.15, 0.2) is 0 Å². The Balaban J connectivity index is 1.37. The zero-order valence-corrected chi connectivity index (χ0v) is 29.6. The number of ether oxygens (including phenoxy) is 3. The lowest BCUT2D eigenvalue weighted by molar-refractivity contribution is -0.141. The molecule has 0 spiro atoms. The Hall–Kier alpha value is -3.63. The summed E-state index contributed by atoms with van der Waals surface area (Å²) in [6.45, 7) is 7.32. The number of fused-ring (bicyclic) bond motifs is 3. The first-order valence-electron chi connectivity index (χ1n) is 17.5. The molecule has 3 fully saturated rings. The van der Waals surface area contributed by atoms with Crippen LogP contribution in [0.1, 0.15) is 70.3 Å². The van der Waals surface area contributed by atoms with Gasteiger partial charge in [-0.25, -0.2) is 9.78 Å². The lowest BCUT2D eigenvalue weighted by Gasteiger charge is -2.35. The molecule has 2 aliphatic heterocycles. The summed E-state index contributed by atoms with van der Waals surface area (Å²) in [4.78, 5) is 58.7. The fourth-order valence-electron chi connectivity index (χ4n) is 7.94. The molecule has 3 N–H and O–H groups in total. The molecular weight excluding hydrogens is 647 g/mol. The molecule has 2 saturated carbocycles. The molecule has 13 heteroatoms. The lowest BCUT2D eigenvalue weighted by Crippen LogP contribution is -2.57. The molecule has 2 aromatic rings. The minimum Gasteiger partial charge on any atom is -0.496 e. The maximum atomic E-state index is 14.6. The van der Waals surface area contributed by atoms with Crippen molar-refractivity contribution in [2.45, 2.75) is 94.6 Å². The van der Waals surface area contributed by atoms with E-state index >= 15 is 0 Å². The molecule has 3 heterocycles. The number of nitrogens with zero attached hydrogens (tertiary/aromatic N) is 2. The number of hydrogen-bond donors (Lipinski definition) is 3. The number of carbonyl (C=O) groups excluding carboxylic acids is 3. The molecule has 4 bridgehead atoms. The van der Waals surface area contributed by atoms with Crippen molar-refractivity contribution in [2.24, 2.45) is 17.8 Å². The van der Waals surface area contributed by atoms with Crippen LogP contribution in [0.4, 0.5) is 4.79 Å². The predicted octanol–water partition coefficient (Wildman–Crippen LogP) is 5.16. The van der Waals surface area contributed by atoms with E-state index in [1.165, 1.54) is 11.6 Å². The first kappa shape index (κ1) is 35.2. The highest BCUT2D eigenvalue weighted by Gasteiger charge is 2.64. The van der Waals surface area contributed by atoms with Gasteiger partial charge in [0, 0.05) is 30.6 Å². The Morgan fingerprint density at radius 2 is 2.00 bits per heavy atom. The van der Waals surface area contributed by atoms with E-state index in [1.807, 2.05) is 25.1 Å². The highest BCUT2D eigenvalue weighted by Crippen LogP contribution is 2.67. The van der Waals surface area contributed by atoms with Crippen LogP contribution in [0, 0.1) is 17.8 Å². The van der Waals surface area contributed by atoms with Gasteiger partial charge in [-0.15, -0.1) is 6.58 Å². The highest BCUT2D eigenvalue weighted by molar-refractivity contribution is 7.59. The van der Waals surface area contributed by atoms with Gasteiger partial charge in [-0.05, 0) is 79.5 Å². The molecule has 49 heavy (non-hydrogen) atoms. The maximum Gasteiger partial charge on any atom is 0.407 e. The van der Waals surface area contributed by atoms with E-state index in [0.29, 0.717) is 5.88 Å². The predicted molar refractivity (Wildman–Crippen MR) is 185 cm³/mol. The quantitative estimate of drug-likeness (QED) is 0.274. The number of benzene rings is 1. The molecule has 266 valence electrons.